The average molecular weight is 728 g/mol. The molecule has 1 fully saturated rings. The van der Waals surface area contributed by atoms with Gasteiger partial charge in [-0.2, -0.15) is 4.98 Å². The predicted molar refractivity (Wildman–Crippen MR) is 204 cm³/mol. The Morgan fingerprint density at radius 2 is 1.68 bits per heavy atom. The molecular formula is C40H50FN7O5. The van der Waals surface area contributed by atoms with Crippen molar-refractivity contribution in [1.82, 2.24) is 24.7 Å². The number of anilines is 4. The molecule has 1 aliphatic rings. The van der Waals surface area contributed by atoms with Crippen molar-refractivity contribution in [3.63, 3.8) is 0 Å². The van der Waals surface area contributed by atoms with Crippen molar-refractivity contribution in [2.45, 2.75) is 40.5 Å². The van der Waals surface area contributed by atoms with Gasteiger partial charge in [-0.3, -0.25) is 4.79 Å². The van der Waals surface area contributed by atoms with Crippen LogP contribution in [0.3, 0.4) is 0 Å². The van der Waals surface area contributed by atoms with Gasteiger partial charge in [-0.1, -0.05) is 24.3 Å². The van der Waals surface area contributed by atoms with Crippen molar-refractivity contribution in [2.24, 2.45) is 0 Å². The third-order valence-electron chi connectivity index (χ3n) is 9.27. The Morgan fingerprint density at radius 3 is 2.36 bits per heavy atom. The number of aryl methyl sites for hydroxylation is 2. The zero-order chi connectivity index (χ0) is 37.9. The standard InChI is InChI=1S/C40H50FN7O5/c1-7-47(8-2)37(49)26-30-13-15-33(35(25-30)51-6)48(40(50)53-38-28(3)11-9-12-29(38)4)36-17-18-42-39(44-36)43-31-14-16-34(32(41)27-31)52-24-10-19-46-22-20-45(5)21-23-46/h9,11-18,25,27H,7-8,10,19-24,26H2,1-6H3,(H,42,43,44). The van der Waals surface area contributed by atoms with E-state index in [1.54, 1.807) is 41.3 Å². The maximum atomic E-state index is 15.1. The fourth-order valence-corrected chi connectivity index (χ4v) is 6.19. The van der Waals surface area contributed by atoms with Crippen LogP contribution in [0.2, 0.25) is 0 Å². The van der Waals surface area contributed by atoms with Crippen LogP contribution in [0.25, 0.3) is 0 Å². The summed E-state index contributed by atoms with van der Waals surface area (Å²) in [6.07, 6.45) is 1.72. The Balaban J connectivity index is 1.36. The monoisotopic (exact) mass is 727 g/mol. The van der Waals surface area contributed by atoms with Crippen molar-refractivity contribution in [3.05, 3.63) is 89.4 Å². The highest BCUT2D eigenvalue weighted by atomic mass is 19.1. The first-order valence-electron chi connectivity index (χ1n) is 18.1. The number of aromatic nitrogens is 2. The fourth-order valence-electron chi connectivity index (χ4n) is 6.19. The second-order valence-corrected chi connectivity index (χ2v) is 13.0. The summed E-state index contributed by atoms with van der Waals surface area (Å²) in [5.74, 6) is 0.680. The lowest BCUT2D eigenvalue weighted by Crippen LogP contribution is -2.44. The zero-order valence-corrected chi connectivity index (χ0v) is 31.5. The smallest absolute Gasteiger partial charge is 0.425 e. The van der Waals surface area contributed by atoms with E-state index in [2.05, 4.69) is 32.1 Å². The van der Waals surface area contributed by atoms with Crippen molar-refractivity contribution < 1.29 is 28.2 Å². The highest BCUT2D eigenvalue weighted by Crippen LogP contribution is 2.36. The van der Waals surface area contributed by atoms with Crippen LogP contribution in [0.15, 0.2) is 66.9 Å². The lowest BCUT2D eigenvalue weighted by atomic mass is 10.1. The van der Waals surface area contributed by atoms with Crippen molar-refractivity contribution in [3.8, 4) is 17.2 Å². The summed E-state index contributed by atoms with van der Waals surface area (Å²) < 4.78 is 32.6. The largest absolute Gasteiger partial charge is 0.495 e. The van der Waals surface area contributed by atoms with E-state index < -0.39 is 11.9 Å². The van der Waals surface area contributed by atoms with Crippen LogP contribution in [-0.4, -0.2) is 103 Å². The lowest BCUT2D eigenvalue weighted by molar-refractivity contribution is -0.130. The van der Waals surface area contributed by atoms with Gasteiger partial charge in [0.25, 0.3) is 0 Å². The molecule has 0 radical (unpaired) electrons. The molecule has 5 rings (SSSR count). The molecule has 282 valence electrons. The van der Waals surface area contributed by atoms with Gasteiger partial charge in [0.1, 0.15) is 17.3 Å². The quantitative estimate of drug-likeness (QED) is 0.132. The van der Waals surface area contributed by atoms with Crippen molar-refractivity contribution >= 4 is 35.1 Å². The van der Waals surface area contributed by atoms with Gasteiger partial charge in [0, 0.05) is 69.8 Å². The van der Waals surface area contributed by atoms with Crippen LogP contribution in [0.1, 0.15) is 37.0 Å². The molecule has 0 saturated carbocycles. The summed E-state index contributed by atoms with van der Waals surface area (Å²) in [5, 5.41) is 3.04. The number of hydrogen-bond donors (Lipinski definition) is 1. The number of ether oxygens (including phenoxy) is 3. The Morgan fingerprint density at radius 1 is 0.943 bits per heavy atom. The highest BCUT2D eigenvalue weighted by molar-refractivity contribution is 5.98. The molecule has 0 aliphatic carbocycles. The Labute approximate surface area is 311 Å². The molecule has 53 heavy (non-hydrogen) atoms. The predicted octanol–water partition coefficient (Wildman–Crippen LogP) is 6.75. The van der Waals surface area contributed by atoms with Gasteiger partial charge in [-0.25, -0.2) is 19.1 Å². The maximum Gasteiger partial charge on any atom is 0.425 e. The highest BCUT2D eigenvalue weighted by Gasteiger charge is 2.27. The summed E-state index contributed by atoms with van der Waals surface area (Å²) >= 11 is 0. The first-order chi connectivity index (χ1) is 25.6. The Kier molecular flexibility index (Phi) is 13.6. The normalized spacial score (nSPS) is 13.3. The minimum Gasteiger partial charge on any atom is -0.495 e. The van der Waals surface area contributed by atoms with Crippen molar-refractivity contribution in [2.75, 3.05) is 76.8 Å². The molecule has 4 aromatic rings. The topological polar surface area (TPSA) is 113 Å². The number of methoxy groups -OCH3 is 1. The number of halogens is 1. The molecule has 0 spiro atoms. The van der Waals surface area contributed by atoms with Crippen LogP contribution < -0.4 is 24.4 Å². The average Bonchev–Trinajstić information content (AvgIpc) is 3.14. The van der Waals surface area contributed by atoms with Gasteiger partial charge in [-0.05, 0) is 82.1 Å². The SMILES string of the molecule is CCN(CC)C(=O)Cc1ccc(N(C(=O)Oc2c(C)cccc2C)c2ccnc(Nc3ccc(OCCCN4CCN(C)CC4)c(F)c3)n2)c(OC)c1. The van der Waals surface area contributed by atoms with E-state index >= 15 is 4.39 Å². The molecule has 0 unspecified atom stereocenters. The number of carbonyl (C=O) groups is 2. The van der Waals surface area contributed by atoms with Crippen LogP contribution in [0.5, 0.6) is 17.2 Å². The minimum atomic E-state index is -0.738. The molecule has 12 nitrogen and oxygen atoms in total. The van der Waals surface area contributed by atoms with Gasteiger partial charge in [0.05, 0.1) is 25.8 Å². The minimum absolute atomic E-state index is 0.0140. The Hall–Kier alpha value is -5.27. The number of hydrogen-bond acceptors (Lipinski definition) is 10. The summed E-state index contributed by atoms with van der Waals surface area (Å²) in [4.78, 5) is 43.7. The van der Waals surface area contributed by atoms with E-state index in [0.717, 1.165) is 55.8 Å². The molecule has 1 saturated heterocycles. The molecule has 0 bridgehead atoms. The number of carbonyl (C=O) groups excluding carboxylic acids is 2. The van der Waals surface area contributed by atoms with Crippen LogP contribution in [-0.2, 0) is 11.2 Å². The summed E-state index contributed by atoms with van der Waals surface area (Å²) in [5.41, 5.74) is 3.02. The Bertz CT molecular complexity index is 1840. The summed E-state index contributed by atoms with van der Waals surface area (Å²) in [7, 11) is 3.62. The fraction of sp³-hybridized carbons (Fsp3) is 0.400. The van der Waals surface area contributed by atoms with Gasteiger partial charge < -0.3 is 34.2 Å². The molecule has 0 atom stereocenters. The number of nitrogens with zero attached hydrogens (tertiary/aromatic N) is 6. The number of rotatable bonds is 15. The molecule has 2 heterocycles. The van der Waals surface area contributed by atoms with E-state index in [4.69, 9.17) is 14.2 Å². The first kappa shape index (κ1) is 38.9. The number of para-hydroxylation sites is 1. The number of amides is 2. The second kappa shape index (κ2) is 18.5. The number of nitrogens with one attached hydrogen (secondary N) is 1. The molecule has 3 aromatic carbocycles. The molecule has 1 aromatic heterocycles. The van der Waals surface area contributed by atoms with Crippen LogP contribution in [0.4, 0.5) is 32.3 Å². The maximum absolute atomic E-state index is 15.1. The van der Waals surface area contributed by atoms with Gasteiger partial charge in [0.15, 0.2) is 11.6 Å². The van der Waals surface area contributed by atoms with E-state index in [-0.39, 0.29) is 29.8 Å². The van der Waals surface area contributed by atoms with Crippen molar-refractivity contribution in [1.29, 1.82) is 0 Å². The number of piperazine rings is 1. The molecule has 13 heteroatoms. The lowest BCUT2D eigenvalue weighted by Gasteiger charge is -2.32. The third-order valence-corrected chi connectivity index (χ3v) is 9.27. The zero-order valence-electron chi connectivity index (χ0n) is 31.5. The van der Waals surface area contributed by atoms with E-state index in [9.17, 15) is 9.59 Å². The van der Waals surface area contributed by atoms with Crippen LogP contribution in [0, 0.1) is 19.7 Å². The van der Waals surface area contributed by atoms with E-state index in [0.29, 0.717) is 42.6 Å². The molecule has 1 aliphatic heterocycles. The van der Waals surface area contributed by atoms with E-state index in [1.165, 1.54) is 24.3 Å². The summed E-state index contributed by atoms with van der Waals surface area (Å²) in [6, 6.07) is 17.0. The molecule has 2 amide bonds. The summed E-state index contributed by atoms with van der Waals surface area (Å²) in [6.45, 7) is 14.3. The molecule has 1 N–H and O–H groups in total. The third kappa shape index (κ3) is 10.2. The number of likely N-dealkylation sites (N-methyl/N-ethyl adjacent to an activating group) is 2. The van der Waals surface area contributed by atoms with Gasteiger partial charge in [-0.15, -0.1) is 0 Å². The van der Waals surface area contributed by atoms with Gasteiger partial charge in [0.2, 0.25) is 11.9 Å². The molecular weight excluding hydrogens is 677 g/mol. The number of benzene rings is 3. The van der Waals surface area contributed by atoms with Gasteiger partial charge >= 0.3 is 6.09 Å². The van der Waals surface area contributed by atoms with E-state index in [1.807, 2.05) is 45.9 Å². The second-order valence-electron chi connectivity index (χ2n) is 13.0. The first-order valence-corrected chi connectivity index (χ1v) is 18.1. The van der Waals surface area contributed by atoms with Crippen LogP contribution >= 0.6 is 0 Å².